The van der Waals surface area contributed by atoms with Crippen LogP contribution in [0, 0.1) is 5.41 Å². The van der Waals surface area contributed by atoms with E-state index in [2.05, 4.69) is 16.0 Å². The summed E-state index contributed by atoms with van der Waals surface area (Å²) in [6.45, 7) is 4.61. The minimum atomic E-state index is -0.316. The Balaban J connectivity index is 2.22. The topological polar surface area (TPSA) is 73.5 Å². The van der Waals surface area contributed by atoms with Crippen molar-refractivity contribution in [1.29, 1.82) is 0 Å². The predicted molar refractivity (Wildman–Crippen MR) is 70.3 cm³/mol. The van der Waals surface area contributed by atoms with Gasteiger partial charge < -0.3 is 20.9 Å². The van der Waals surface area contributed by atoms with E-state index in [4.69, 9.17) is 0 Å². The number of urea groups is 1. The van der Waals surface area contributed by atoms with Gasteiger partial charge >= 0.3 is 6.03 Å². The highest BCUT2D eigenvalue weighted by Gasteiger charge is 2.34. The van der Waals surface area contributed by atoms with Crippen LogP contribution in [-0.2, 0) is 4.79 Å². The van der Waals surface area contributed by atoms with Crippen molar-refractivity contribution in [1.82, 2.24) is 20.9 Å². The molecule has 6 heteroatoms. The monoisotopic (exact) mass is 256 g/mol. The molecule has 0 radical (unpaired) electrons. The van der Waals surface area contributed by atoms with Crippen molar-refractivity contribution >= 4 is 11.9 Å². The molecule has 0 aromatic rings. The lowest BCUT2D eigenvalue weighted by molar-refractivity contribution is -0.131. The Morgan fingerprint density at radius 3 is 2.50 bits per heavy atom. The molecule has 3 amide bonds. The van der Waals surface area contributed by atoms with Gasteiger partial charge in [-0.2, -0.15) is 0 Å². The molecule has 1 aliphatic heterocycles. The molecule has 1 atom stereocenters. The van der Waals surface area contributed by atoms with Crippen LogP contribution in [0.3, 0.4) is 0 Å². The smallest absolute Gasteiger partial charge is 0.316 e. The second-order valence-corrected chi connectivity index (χ2v) is 5.22. The van der Waals surface area contributed by atoms with Crippen LogP contribution >= 0.6 is 0 Å². The molecule has 0 aromatic carbocycles. The fraction of sp³-hybridized carbons (Fsp3) is 0.833. The largest absolute Gasteiger partial charge is 0.354 e. The number of nitrogens with one attached hydrogen (secondary N) is 3. The predicted octanol–water partition coefficient (Wildman–Crippen LogP) is -0.236. The molecule has 1 aliphatic rings. The van der Waals surface area contributed by atoms with Crippen LogP contribution in [0.15, 0.2) is 0 Å². The van der Waals surface area contributed by atoms with E-state index in [0.29, 0.717) is 13.1 Å². The van der Waals surface area contributed by atoms with Crippen molar-refractivity contribution in [2.75, 3.05) is 40.3 Å². The maximum absolute atomic E-state index is 12.0. The molecule has 0 aromatic heterocycles. The lowest BCUT2D eigenvalue weighted by Crippen LogP contribution is -2.50. The number of nitrogens with zero attached hydrogens (tertiary/aromatic N) is 1. The van der Waals surface area contributed by atoms with Crippen LogP contribution in [0.1, 0.15) is 19.8 Å². The molecule has 1 fully saturated rings. The first kappa shape index (κ1) is 14.8. The van der Waals surface area contributed by atoms with Crippen molar-refractivity contribution < 1.29 is 9.59 Å². The highest BCUT2D eigenvalue weighted by atomic mass is 16.2. The summed E-state index contributed by atoms with van der Waals surface area (Å²) in [6.07, 6.45) is 1.94. The summed E-state index contributed by atoms with van der Waals surface area (Å²) in [4.78, 5) is 24.7. The Kier molecular flexibility index (Phi) is 5.40. The first-order valence-corrected chi connectivity index (χ1v) is 6.40. The molecule has 3 N–H and O–H groups in total. The molecule has 6 nitrogen and oxygen atoms in total. The molecule has 18 heavy (non-hydrogen) atoms. The average Bonchev–Trinajstić information content (AvgIpc) is 2.34. The number of amides is 3. The van der Waals surface area contributed by atoms with Gasteiger partial charge in [0.05, 0.1) is 5.41 Å². The Hall–Kier alpha value is -1.30. The molecule has 0 aliphatic carbocycles. The van der Waals surface area contributed by atoms with Gasteiger partial charge in [0.15, 0.2) is 0 Å². The van der Waals surface area contributed by atoms with Crippen molar-refractivity contribution in [3.8, 4) is 0 Å². The normalized spacial score (nSPS) is 23.3. The molecule has 1 rings (SSSR count). The zero-order chi connectivity index (χ0) is 13.6. The fourth-order valence-electron chi connectivity index (χ4n) is 1.97. The van der Waals surface area contributed by atoms with Gasteiger partial charge in [0.25, 0.3) is 0 Å². The van der Waals surface area contributed by atoms with Crippen LogP contribution in [-0.4, -0.2) is 57.1 Å². The standard InChI is InChI=1S/C12H24N4O2/c1-12(5-4-6-13-9-12)10(17)14-7-8-15-11(18)16(2)3/h13H,4-9H2,1-3H3,(H,14,17)(H,15,18). The maximum Gasteiger partial charge on any atom is 0.316 e. The first-order chi connectivity index (χ1) is 8.46. The van der Waals surface area contributed by atoms with E-state index in [0.717, 1.165) is 25.9 Å². The van der Waals surface area contributed by atoms with Crippen LogP contribution in [0.2, 0.25) is 0 Å². The van der Waals surface area contributed by atoms with Crippen molar-refractivity contribution in [2.24, 2.45) is 5.41 Å². The van der Waals surface area contributed by atoms with Gasteiger partial charge in [0, 0.05) is 33.7 Å². The van der Waals surface area contributed by atoms with Crippen molar-refractivity contribution in [2.45, 2.75) is 19.8 Å². The Bertz CT molecular complexity index is 298. The third kappa shape index (κ3) is 4.18. The summed E-state index contributed by atoms with van der Waals surface area (Å²) < 4.78 is 0. The summed E-state index contributed by atoms with van der Waals surface area (Å²) in [5.74, 6) is 0.0637. The molecule has 0 spiro atoms. The number of carbonyl (C=O) groups is 2. The second-order valence-electron chi connectivity index (χ2n) is 5.22. The van der Waals surface area contributed by atoms with E-state index in [-0.39, 0.29) is 17.4 Å². The number of rotatable bonds is 4. The first-order valence-electron chi connectivity index (χ1n) is 6.40. The lowest BCUT2D eigenvalue weighted by atomic mass is 9.82. The minimum absolute atomic E-state index is 0.0637. The van der Waals surface area contributed by atoms with Gasteiger partial charge in [-0.05, 0) is 26.3 Å². The van der Waals surface area contributed by atoms with Crippen LogP contribution in [0.5, 0.6) is 0 Å². The summed E-state index contributed by atoms with van der Waals surface area (Å²) >= 11 is 0. The van der Waals surface area contributed by atoms with E-state index in [1.54, 1.807) is 14.1 Å². The van der Waals surface area contributed by atoms with E-state index >= 15 is 0 Å². The highest BCUT2D eigenvalue weighted by molar-refractivity contribution is 5.82. The molecule has 0 saturated carbocycles. The third-order valence-electron chi connectivity index (χ3n) is 3.24. The van der Waals surface area contributed by atoms with E-state index in [9.17, 15) is 9.59 Å². The van der Waals surface area contributed by atoms with Crippen molar-refractivity contribution in [3.63, 3.8) is 0 Å². The zero-order valence-corrected chi connectivity index (χ0v) is 11.5. The third-order valence-corrected chi connectivity index (χ3v) is 3.24. The number of hydrogen-bond donors (Lipinski definition) is 3. The van der Waals surface area contributed by atoms with Crippen LogP contribution < -0.4 is 16.0 Å². The zero-order valence-electron chi connectivity index (χ0n) is 11.5. The van der Waals surface area contributed by atoms with Gasteiger partial charge in [-0.15, -0.1) is 0 Å². The Morgan fingerprint density at radius 2 is 1.94 bits per heavy atom. The van der Waals surface area contributed by atoms with Gasteiger partial charge in [0.2, 0.25) is 5.91 Å². The Morgan fingerprint density at radius 1 is 1.28 bits per heavy atom. The van der Waals surface area contributed by atoms with E-state index < -0.39 is 0 Å². The van der Waals surface area contributed by atoms with Crippen LogP contribution in [0.25, 0.3) is 0 Å². The van der Waals surface area contributed by atoms with Gasteiger partial charge in [-0.1, -0.05) is 0 Å². The van der Waals surface area contributed by atoms with Gasteiger partial charge in [-0.25, -0.2) is 4.79 Å². The van der Waals surface area contributed by atoms with Crippen LogP contribution in [0.4, 0.5) is 4.79 Å². The molecule has 1 heterocycles. The Labute approximate surface area is 108 Å². The summed E-state index contributed by atoms with van der Waals surface area (Å²) in [5.41, 5.74) is -0.316. The minimum Gasteiger partial charge on any atom is -0.354 e. The summed E-state index contributed by atoms with van der Waals surface area (Å²) in [6, 6.07) is -0.144. The van der Waals surface area contributed by atoms with Gasteiger partial charge in [-0.3, -0.25) is 4.79 Å². The molecule has 1 unspecified atom stereocenters. The summed E-state index contributed by atoms with van der Waals surface area (Å²) in [5, 5.41) is 8.83. The molecule has 1 saturated heterocycles. The fourth-order valence-corrected chi connectivity index (χ4v) is 1.97. The molecular formula is C12H24N4O2. The number of piperidine rings is 1. The maximum atomic E-state index is 12.0. The second kappa shape index (κ2) is 6.58. The van der Waals surface area contributed by atoms with E-state index in [1.165, 1.54) is 4.90 Å². The quantitative estimate of drug-likeness (QED) is 0.608. The average molecular weight is 256 g/mol. The van der Waals surface area contributed by atoms with E-state index in [1.807, 2.05) is 6.92 Å². The van der Waals surface area contributed by atoms with Crippen molar-refractivity contribution in [3.05, 3.63) is 0 Å². The number of carbonyl (C=O) groups excluding carboxylic acids is 2. The lowest BCUT2D eigenvalue weighted by Gasteiger charge is -2.32. The van der Waals surface area contributed by atoms with Gasteiger partial charge in [0.1, 0.15) is 0 Å². The molecule has 0 bridgehead atoms. The highest BCUT2D eigenvalue weighted by Crippen LogP contribution is 2.25. The SMILES string of the molecule is CN(C)C(=O)NCCNC(=O)C1(C)CCCNC1. The number of hydrogen-bond acceptors (Lipinski definition) is 3. The molecular weight excluding hydrogens is 232 g/mol. The molecule has 104 valence electrons. The summed E-state index contributed by atoms with van der Waals surface area (Å²) in [7, 11) is 3.37.